The molecule has 0 aliphatic carbocycles. The van der Waals surface area contributed by atoms with Crippen molar-refractivity contribution in [3.8, 4) is 0 Å². The molecule has 0 heterocycles. The lowest BCUT2D eigenvalue weighted by Crippen LogP contribution is -2.70. The van der Waals surface area contributed by atoms with Crippen LogP contribution in [-0.4, -0.2) is 31.5 Å². The molecule has 2 aromatic rings. The quantitative estimate of drug-likeness (QED) is 0.620. The van der Waals surface area contributed by atoms with Crippen LogP contribution in [0.25, 0.3) is 0 Å². The van der Waals surface area contributed by atoms with Crippen LogP contribution in [0, 0.1) is 5.41 Å². The van der Waals surface area contributed by atoms with Gasteiger partial charge in [0.05, 0.1) is 6.10 Å². The van der Waals surface area contributed by atoms with Crippen molar-refractivity contribution in [3.63, 3.8) is 0 Å². The molecule has 0 aliphatic heterocycles. The predicted molar refractivity (Wildman–Crippen MR) is 127 cm³/mol. The summed E-state index contributed by atoms with van der Waals surface area (Å²) in [5.74, 6) is -0.830. The van der Waals surface area contributed by atoms with E-state index in [1.54, 1.807) is 0 Å². The molecule has 5 heteroatoms. The molecule has 0 aliphatic rings. The minimum Gasteiger partial charge on any atom is -0.481 e. The Balaban J connectivity index is 2.67. The highest BCUT2D eigenvalue weighted by Crippen LogP contribution is 2.40. The van der Waals surface area contributed by atoms with Gasteiger partial charge in [0.25, 0.3) is 8.32 Å². The summed E-state index contributed by atoms with van der Waals surface area (Å²) in [6.07, 6.45) is 0.135. The topological polar surface area (TPSA) is 72.5 Å². The van der Waals surface area contributed by atoms with Gasteiger partial charge in [-0.1, -0.05) is 102 Å². The number of aliphatic carboxylic acids is 1. The first-order valence-corrected chi connectivity index (χ1v) is 12.6. The molecule has 0 saturated carbocycles. The highest BCUT2D eigenvalue weighted by atomic mass is 28.4. The van der Waals surface area contributed by atoms with E-state index in [9.17, 15) is 9.90 Å². The highest BCUT2D eigenvalue weighted by Gasteiger charge is 2.53. The van der Waals surface area contributed by atoms with Crippen LogP contribution < -0.4 is 16.1 Å². The van der Waals surface area contributed by atoms with Crippen LogP contribution in [0.2, 0.25) is 5.04 Å². The molecule has 0 saturated heterocycles. The number of benzene rings is 2. The Kier molecular flexibility index (Phi) is 7.67. The summed E-state index contributed by atoms with van der Waals surface area (Å²) in [4.78, 5) is 11.2. The average molecular weight is 428 g/mol. The molecule has 0 fully saturated rings. The molecule has 1 unspecified atom stereocenters. The fourth-order valence-electron chi connectivity index (χ4n) is 4.23. The molecule has 2 atom stereocenters. The molecule has 164 valence electrons. The standard InChI is InChI=1S/C25H37NO3Si/c1-24(2,3)23(21(26)17-18-22(27)28)29-30(25(4,5)6,19-13-9-7-10-14-19)20-15-11-8-12-16-20/h7-16,21,23H,17-18,26H2,1-6H3,(H,27,28)/t21-,23?/m0/s1. The maximum Gasteiger partial charge on any atom is 0.303 e. The monoisotopic (exact) mass is 427 g/mol. The molecule has 0 radical (unpaired) electrons. The molecule has 4 nitrogen and oxygen atoms in total. The number of hydrogen-bond donors (Lipinski definition) is 2. The van der Waals surface area contributed by atoms with Crippen LogP contribution in [0.4, 0.5) is 0 Å². The summed E-state index contributed by atoms with van der Waals surface area (Å²) in [6.45, 7) is 13.1. The lowest BCUT2D eigenvalue weighted by Gasteiger charge is -2.49. The second-order valence-electron chi connectivity index (χ2n) is 10.2. The van der Waals surface area contributed by atoms with Crippen LogP contribution in [0.15, 0.2) is 60.7 Å². The molecule has 0 spiro atoms. The van der Waals surface area contributed by atoms with E-state index in [1.807, 2.05) is 12.1 Å². The van der Waals surface area contributed by atoms with Crippen LogP contribution in [0.3, 0.4) is 0 Å². The fraction of sp³-hybridized carbons (Fsp3) is 0.480. The summed E-state index contributed by atoms with van der Waals surface area (Å²) < 4.78 is 7.25. The van der Waals surface area contributed by atoms with Gasteiger partial charge < -0.3 is 15.3 Å². The number of nitrogens with two attached hydrogens (primary N) is 1. The number of rotatable bonds is 8. The average Bonchev–Trinajstić information content (AvgIpc) is 2.66. The van der Waals surface area contributed by atoms with Gasteiger partial charge in [-0.2, -0.15) is 0 Å². The van der Waals surface area contributed by atoms with Crippen molar-refractivity contribution in [2.24, 2.45) is 11.1 Å². The third-order valence-corrected chi connectivity index (χ3v) is 10.7. The Morgan fingerprint density at radius 2 is 1.37 bits per heavy atom. The van der Waals surface area contributed by atoms with Crippen molar-refractivity contribution >= 4 is 24.7 Å². The van der Waals surface area contributed by atoms with Crippen LogP contribution in [0.1, 0.15) is 54.4 Å². The zero-order valence-corrected chi connectivity index (χ0v) is 20.2. The van der Waals surface area contributed by atoms with Crippen molar-refractivity contribution in [1.29, 1.82) is 0 Å². The summed E-state index contributed by atoms with van der Waals surface area (Å²) >= 11 is 0. The molecule has 2 aromatic carbocycles. The van der Waals surface area contributed by atoms with E-state index in [0.717, 1.165) is 0 Å². The van der Waals surface area contributed by atoms with E-state index >= 15 is 0 Å². The van der Waals surface area contributed by atoms with E-state index in [0.29, 0.717) is 6.42 Å². The second-order valence-corrected chi connectivity index (χ2v) is 14.4. The fourth-order valence-corrected chi connectivity index (χ4v) is 9.15. The van der Waals surface area contributed by atoms with Crippen molar-refractivity contribution in [2.75, 3.05) is 0 Å². The Morgan fingerprint density at radius 1 is 0.933 bits per heavy atom. The molecule has 0 aromatic heterocycles. The molecular weight excluding hydrogens is 390 g/mol. The normalized spacial score (nSPS) is 14.9. The van der Waals surface area contributed by atoms with Crippen molar-refractivity contribution in [3.05, 3.63) is 60.7 Å². The summed E-state index contributed by atoms with van der Waals surface area (Å²) in [5, 5.41) is 11.4. The first-order chi connectivity index (χ1) is 13.9. The Morgan fingerprint density at radius 3 is 1.70 bits per heavy atom. The SMILES string of the molecule is CC(C)(C)C(O[Si](c1ccccc1)(c1ccccc1)C(C)(C)C)[C@@H](N)CCC(=O)O. The van der Waals surface area contributed by atoms with Gasteiger partial charge in [0.15, 0.2) is 0 Å². The number of carboxylic acid groups (broad SMARTS) is 1. The van der Waals surface area contributed by atoms with Crippen LogP contribution >= 0.6 is 0 Å². The van der Waals surface area contributed by atoms with Gasteiger partial charge in [-0.15, -0.1) is 0 Å². The minimum absolute atomic E-state index is 0.0395. The van der Waals surface area contributed by atoms with Gasteiger partial charge in [-0.25, -0.2) is 0 Å². The number of carboxylic acids is 1. The predicted octanol–water partition coefficient (Wildman–Crippen LogP) is 4.17. The maximum absolute atomic E-state index is 11.2. The van der Waals surface area contributed by atoms with E-state index in [2.05, 4.69) is 90.1 Å². The first kappa shape index (κ1) is 24.3. The van der Waals surface area contributed by atoms with Gasteiger partial charge >= 0.3 is 5.97 Å². The second kappa shape index (κ2) is 9.46. The molecule has 0 amide bonds. The largest absolute Gasteiger partial charge is 0.481 e. The van der Waals surface area contributed by atoms with Gasteiger partial charge in [0, 0.05) is 12.5 Å². The molecule has 2 rings (SSSR count). The lowest BCUT2D eigenvalue weighted by molar-refractivity contribution is -0.137. The van der Waals surface area contributed by atoms with Gasteiger partial charge in [0.2, 0.25) is 0 Å². The number of hydrogen-bond acceptors (Lipinski definition) is 3. The van der Waals surface area contributed by atoms with Crippen molar-refractivity contribution in [1.82, 2.24) is 0 Å². The minimum atomic E-state index is -2.77. The highest BCUT2D eigenvalue weighted by molar-refractivity contribution is 6.99. The summed E-state index contributed by atoms with van der Waals surface area (Å²) in [6, 6.07) is 20.6. The molecule has 30 heavy (non-hydrogen) atoms. The lowest BCUT2D eigenvalue weighted by atomic mass is 9.83. The zero-order valence-electron chi connectivity index (χ0n) is 19.2. The smallest absolute Gasteiger partial charge is 0.303 e. The van der Waals surface area contributed by atoms with E-state index in [4.69, 9.17) is 10.2 Å². The molecule has 3 N–H and O–H groups in total. The number of carbonyl (C=O) groups is 1. The third-order valence-electron chi connectivity index (χ3n) is 5.65. The van der Waals surface area contributed by atoms with E-state index < -0.39 is 14.3 Å². The van der Waals surface area contributed by atoms with Crippen LogP contribution in [-0.2, 0) is 9.22 Å². The first-order valence-electron chi connectivity index (χ1n) is 10.7. The Hall–Kier alpha value is -1.95. The van der Waals surface area contributed by atoms with Gasteiger partial charge in [-0.3, -0.25) is 4.79 Å². The van der Waals surface area contributed by atoms with E-state index in [-0.39, 0.29) is 29.0 Å². The van der Waals surface area contributed by atoms with Gasteiger partial charge in [0.1, 0.15) is 0 Å². The zero-order chi connectivity index (χ0) is 22.6. The third kappa shape index (κ3) is 5.39. The molecular formula is C25H37NO3Si. The molecule has 0 bridgehead atoms. The Labute approximate surface area is 182 Å². The van der Waals surface area contributed by atoms with Crippen LogP contribution in [0.5, 0.6) is 0 Å². The summed E-state index contributed by atoms with van der Waals surface area (Å²) in [7, 11) is -2.77. The Bertz CT molecular complexity index is 770. The summed E-state index contributed by atoms with van der Waals surface area (Å²) in [5.41, 5.74) is 6.35. The van der Waals surface area contributed by atoms with E-state index in [1.165, 1.54) is 10.4 Å². The van der Waals surface area contributed by atoms with Crippen molar-refractivity contribution in [2.45, 2.75) is 71.6 Å². The maximum atomic E-state index is 11.2. The van der Waals surface area contributed by atoms with Crippen molar-refractivity contribution < 1.29 is 14.3 Å². The van der Waals surface area contributed by atoms with Gasteiger partial charge in [-0.05, 0) is 27.2 Å².